The average molecular weight is 256 g/mol. The van der Waals surface area contributed by atoms with E-state index in [1.165, 1.54) is 12.1 Å². The first-order chi connectivity index (χ1) is 7.89. The lowest BCUT2D eigenvalue weighted by Gasteiger charge is -2.36. The van der Waals surface area contributed by atoms with Gasteiger partial charge in [0, 0.05) is 12.2 Å². The molecular weight excluding hydrogens is 240 g/mol. The molecule has 0 aromatic heterocycles. The number of anilines is 1. The third-order valence-electron chi connectivity index (χ3n) is 3.09. The molecule has 5 nitrogen and oxygen atoms in total. The predicted molar refractivity (Wildman–Crippen MR) is 65.1 cm³/mol. The lowest BCUT2D eigenvalue weighted by Crippen LogP contribution is -2.43. The molecule has 0 bridgehead atoms. The summed E-state index contributed by atoms with van der Waals surface area (Å²) in [6, 6.07) is 6.18. The Morgan fingerprint density at radius 2 is 1.88 bits per heavy atom. The number of nitrogens with one attached hydrogen (secondary N) is 1. The summed E-state index contributed by atoms with van der Waals surface area (Å²) in [6.07, 6.45) is 2.69. The van der Waals surface area contributed by atoms with Gasteiger partial charge in [-0.15, -0.1) is 0 Å². The normalized spacial score (nSPS) is 18.5. The van der Waals surface area contributed by atoms with Gasteiger partial charge in [0.25, 0.3) is 0 Å². The fourth-order valence-corrected chi connectivity index (χ4v) is 2.31. The Morgan fingerprint density at radius 3 is 2.29 bits per heavy atom. The highest BCUT2D eigenvalue weighted by molar-refractivity contribution is 7.89. The fourth-order valence-electron chi connectivity index (χ4n) is 1.79. The van der Waals surface area contributed by atoms with Gasteiger partial charge < -0.3 is 10.4 Å². The predicted octanol–water partition coefficient (Wildman–Crippen LogP) is 0.661. The summed E-state index contributed by atoms with van der Waals surface area (Å²) in [7, 11) is -3.63. The largest absolute Gasteiger partial charge is 0.388 e. The zero-order valence-corrected chi connectivity index (χ0v) is 10.2. The van der Waals surface area contributed by atoms with Crippen molar-refractivity contribution in [2.24, 2.45) is 5.14 Å². The second-order valence-electron chi connectivity index (χ2n) is 4.50. The highest BCUT2D eigenvalue weighted by Gasteiger charge is 2.33. The molecule has 4 N–H and O–H groups in total. The number of hydrogen-bond acceptors (Lipinski definition) is 4. The minimum atomic E-state index is -3.63. The Hall–Kier alpha value is -1.11. The van der Waals surface area contributed by atoms with Crippen molar-refractivity contribution in [3.63, 3.8) is 0 Å². The molecule has 1 aromatic rings. The molecule has 1 aliphatic rings. The van der Waals surface area contributed by atoms with E-state index in [1.54, 1.807) is 12.1 Å². The Bertz CT molecular complexity index is 492. The highest BCUT2D eigenvalue weighted by atomic mass is 32.2. The van der Waals surface area contributed by atoms with E-state index in [-0.39, 0.29) is 4.90 Å². The van der Waals surface area contributed by atoms with Crippen LogP contribution < -0.4 is 10.5 Å². The molecule has 0 saturated heterocycles. The molecule has 0 radical (unpaired) electrons. The Labute approximate surface area is 101 Å². The number of rotatable bonds is 4. The first-order valence-electron chi connectivity index (χ1n) is 5.48. The second kappa shape index (κ2) is 4.29. The molecule has 0 unspecified atom stereocenters. The maximum Gasteiger partial charge on any atom is 0.238 e. The van der Waals surface area contributed by atoms with Gasteiger partial charge in [0.2, 0.25) is 10.0 Å². The SMILES string of the molecule is NS(=O)(=O)c1ccc(NCC2(O)CCC2)cc1. The van der Waals surface area contributed by atoms with Crippen molar-refractivity contribution in [3.8, 4) is 0 Å². The summed E-state index contributed by atoms with van der Waals surface area (Å²) < 4.78 is 22.1. The van der Waals surface area contributed by atoms with Crippen LogP contribution in [-0.2, 0) is 10.0 Å². The van der Waals surface area contributed by atoms with Crippen LogP contribution in [-0.4, -0.2) is 25.7 Å². The van der Waals surface area contributed by atoms with E-state index < -0.39 is 15.6 Å². The van der Waals surface area contributed by atoms with Crippen LogP contribution >= 0.6 is 0 Å². The zero-order chi connectivity index (χ0) is 12.5. The van der Waals surface area contributed by atoms with Crippen molar-refractivity contribution in [3.05, 3.63) is 24.3 Å². The molecule has 0 spiro atoms. The summed E-state index contributed by atoms with van der Waals surface area (Å²) >= 11 is 0. The van der Waals surface area contributed by atoms with Crippen LogP contribution in [0.25, 0.3) is 0 Å². The van der Waals surface area contributed by atoms with Crippen molar-refractivity contribution in [1.29, 1.82) is 0 Å². The number of nitrogens with two attached hydrogens (primary N) is 1. The Morgan fingerprint density at radius 1 is 1.29 bits per heavy atom. The zero-order valence-electron chi connectivity index (χ0n) is 9.39. The molecule has 1 aromatic carbocycles. The lowest BCUT2D eigenvalue weighted by atomic mass is 9.80. The quantitative estimate of drug-likeness (QED) is 0.738. The van der Waals surface area contributed by atoms with Crippen molar-refractivity contribution in [2.75, 3.05) is 11.9 Å². The van der Waals surface area contributed by atoms with E-state index in [4.69, 9.17) is 5.14 Å². The Kier molecular flexibility index (Phi) is 3.11. The average Bonchev–Trinajstić information content (AvgIpc) is 2.23. The summed E-state index contributed by atoms with van der Waals surface area (Å²) in [6.45, 7) is 0.488. The minimum absolute atomic E-state index is 0.0883. The van der Waals surface area contributed by atoms with Crippen LogP contribution in [0.15, 0.2) is 29.2 Å². The molecule has 0 atom stereocenters. The summed E-state index contributed by atoms with van der Waals surface area (Å²) in [5.74, 6) is 0. The molecule has 0 aliphatic heterocycles. The minimum Gasteiger partial charge on any atom is -0.388 e. The van der Waals surface area contributed by atoms with Crippen LogP contribution in [0.5, 0.6) is 0 Å². The van der Waals surface area contributed by atoms with Gasteiger partial charge in [0.15, 0.2) is 0 Å². The van der Waals surface area contributed by atoms with Gasteiger partial charge in [-0.2, -0.15) is 0 Å². The first kappa shape index (κ1) is 12.3. The molecular formula is C11H16N2O3S. The smallest absolute Gasteiger partial charge is 0.238 e. The van der Waals surface area contributed by atoms with Crippen LogP contribution in [0.4, 0.5) is 5.69 Å². The van der Waals surface area contributed by atoms with Crippen molar-refractivity contribution < 1.29 is 13.5 Å². The third kappa shape index (κ3) is 2.96. The number of primary sulfonamides is 1. The maximum atomic E-state index is 11.0. The van der Waals surface area contributed by atoms with E-state index in [9.17, 15) is 13.5 Å². The van der Waals surface area contributed by atoms with Gasteiger partial charge in [-0.3, -0.25) is 0 Å². The van der Waals surface area contributed by atoms with Gasteiger partial charge in [-0.05, 0) is 43.5 Å². The fraction of sp³-hybridized carbons (Fsp3) is 0.455. The Balaban J connectivity index is 1.99. The van der Waals surface area contributed by atoms with Crippen LogP contribution in [0.1, 0.15) is 19.3 Å². The highest BCUT2D eigenvalue weighted by Crippen LogP contribution is 2.31. The van der Waals surface area contributed by atoms with E-state index in [0.717, 1.165) is 24.9 Å². The van der Waals surface area contributed by atoms with Gasteiger partial charge >= 0.3 is 0 Å². The van der Waals surface area contributed by atoms with E-state index in [1.807, 2.05) is 0 Å². The summed E-state index contributed by atoms with van der Waals surface area (Å²) in [5, 5.41) is 17.9. The number of benzene rings is 1. The molecule has 17 heavy (non-hydrogen) atoms. The van der Waals surface area contributed by atoms with E-state index >= 15 is 0 Å². The first-order valence-corrected chi connectivity index (χ1v) is 7.03. The van der Waals surface area contributed by atoms with Gasteiger partial charge in [0.05, 0.1) is 10.5 Å². The number of hydrogen-bond donors (Lipinski definition) is 3. The second-order valence-corrected chi connectivity index (χ2v) is 6.06. The van der Waals surface area contributed by atoms with Crippen molar-refractivity contribution in [1.82, 2.24) is 0 Å². The van der Waals surface area contributed by atoms with Gasteiger partial charge in [-0.1, -0.05) is 0 Å². The molecule has 1 aliphatic carbocycles. The monoisotopic (exact) mass is 256 g/mol. The maximum absolute atomic E-state index is 11.0. The molecule has 6 heteroatoms. The summed E-state index contributed by atoms with van der Waals surface area (Å²) in [5.41, 5.74) is 0.177. The molecule has 1 fully saturated rings. The van der Waals surface area contributed by atoms with Crippen molar-refractivity contribution in [2.45, 2.75) is 29.8 Å². The van der Waals surface area contributed by atoms with Gasteiger partial charge in [-0.25, -0.2) is 13.6 Å². The van der Waals surface area contributed by atoms with Crippen molar-refractivity contribution >= 4 is 15.7 Å². The molecule has 0 amide bonds. The van der Waals surface area contributed by atoms with E-state index in [0.29, 0.717) is 6.54 Å². The molecule has 94 valence electrons. The van der Waals surface area contributed by atoms with Crippen LogP contribution in [0, 0.1) is 0 Å². The number of aliphatic hydroxyl groups is 1. The van der Waals surface area contributed by atoms with E-state index in [2.05, 4.69) is 5.32 Å². The molecule has 1 saturated carbocycles. The lowest BCUT2D eigenvalue weighted by molar-refractivity contribution is -0.0201. The number of sulfonamides is 1. The van der Waals surface area contributed by atoms with Crippen LogP contribution in [0.2, 0.25) is 0 Å². The third-order valence-corrected chi connectivity index (χ3v) is 4.02. The summed E-state index contributed by atoms with van der Waals surface area (Å²) in [4.78, 5) is 0.0883. The molecule has 2 rings (SSSR count). The topological polar surface area (TPSA) is 92.4 Å². The molecule has 0 heterocycles. The van der Waals surface area contributed by atoms with Crippen LogP contribution in [0.3, 0.4) is 0 Å². The standard InChI is InChI=1S/C11H16N2O3S/c12-17(15,16)10-4-2-9(3-5-10)13-8-11(14)6-1-7-11/h2-5,13-14H,1,6-8H2,(H2,12,15,16). The van der Waals surface area contributed by atoms with Gasteiger partial charge in [0.1, 0.15) is 0 Å².